The lowest BCUT2D eigenvalue weighted by molar-refractivity contribution is 0.0233. The number of piperazine rings is 1. The van der Waals surface area contributed by atoms with Crippen LogP contribution in [0.25, 0.3) is 0 Å². The lowest BCUT2D eigenvalue weighted by atomic mass is 9.88. The summed E-state index contributed by atoms with van der Waals surface area (Å²) >= 11 is 3.73. The average Bonchev–Trinajstić information content (AvgIpc) is 3.36. The molecule has 21 heavy (non-hydrogen) atoms. The molecule has 1 aromatic rings. The minimum absolute atomic E-state index is 0.348. The summed E-state index contributed by atoms with van der Waals surface area (Å²) in [5, 5.41) is 3.87. The SMILES string of the molecule is CC1(C2CC2)CNC(C2CC2)CN1Cc1ccccc1Br. The van der Waals surface area contributed by atoms with E-state index >= 15 is 0 Å². The molecule has 1 aromatic carbocycles. The summed E-state index contributed by atoms with van der Waals surface area (Å²) in [4.78, 5) is 2.78. The molecule has 0 radical (unpaired) electrons. The highest BCUT2D eigenvalue weighted by Crippen LogP contribution is 2.46. The Morgan fingerprint density at radius 2 is 2.00 bits per heavy atom. The summed E-state index contributed by atoms with van der Waals surface area (Å²) in [5.41, 5.74) is 1.78. The van der Waals surface area contributed by atoms with Gasteiger partial charge in [-0.2, -0.15) is 0 Å². The molecular weight excluding hydrogens is 324 g/mol. The van der Waals surface area contributed by atoms with E-state index in [1.807, 2.05) is 0 Å². The lowest BCUT2D eigenvalue weighted by Crippen LogP contribution is -2.64. The highest BCUT2D eigenvalue weighted by Gasteiger charge is 2.50. The van der Waals surface area contributed by atoms with E-state index in [1.54, 1.807) is 0 Å². The van der Waals surface area contributed by atoms with E-state index < -0.39 is 0 Å². The molecular formula is C18H25BrN2. The molecule has 0 amide bonds. The Morgan fingerprint density at radius 3 is 2.67 bits per heavy atom. The van der Waals surface area contributed by atoms with Crippen molar-refractivity contribution in [2.45, 2.75) is 50.7 Å². The first-order valence-electron chi connectivity index (χ1n) is 8.38. The summed E-state index contributed by atoms with van der Waals surface area (Å²) in [5.74, 6) is 1.84. The number of rotatable bonds is 4. The van der Waals surface area contributed by atoms with Crippen LogP contribution in [0.2, 0.25) is 0 Å². The van der Waals surface area contributed by atoms with E-state index in [0.717, 1.165) is 24.4 Å². The predicted molar refractivity (Wildman–Crippen MR) is 90.2 cm³/mol. The molecule has 1 aliphatic heterocycles. The Morgan fingerprint density at radius 1 is 1.24 bits per heavy atom. The molecule has 1 saturated heterocycles. The molecule has 2 saturated carbocycles. The molecule has 3 aliphatic rings. The molecule has 0 spiro atoms. The summed E-state index contributed by atoms with van der Waals surface area (Å²) in [6.07, 6.45) is 5.69. The minimum atomic E-state index is 0.348. The van der Waals surface area contributed by atoms with E-state index in [-0.39, 0.29) is 0 Å². The van der Waals surface area contributed by atoms with Gasteiger partial charge in [-0.25, -0.2) is 0 Å². The normalized spacial score (nSPS) is 34.1. The second-order valence-electron chi connectivity index (χ2n) is 7.43. The van der Waals surface area contributed by atoms with Crippen LogP contribution in [0.5, 0.6) is 0 Å². The zero-order chi connectivity index (χ0) is 14.4. The quantitative estimate of drug-likeness (QED) is 0.890. The Hall–Kier alpha value is -0.380. The molecule has 2 atom stereocenters. The van der Waals surface area contributed by atoms with Gasteiger partial charge in [0.2, 0.25) is 0 Å². The first-order chi connectivity index (χ1) is 10.2. The Bertz CT molecular complexity index is 524. The molecule has 4 rings (SSSR count). The van der Waals surface area contributed by atoms with E-state index in [0.29, 0.717) is 5.54 Å². The van der Waals surface area contributed by atoms with Gasteiger partial charge in [0.25, 0.3) is 0 Å². The zero-order valence-corrected chi connectivity index (χ0v) is 14.4. The van der Waals surface area contributed by atoms with Crippen molar-refractivity contribution in [2.24, 2.45) is 11.8 Å². The van der Waals surface area contributed by atoms with Gasteiger partial charge in [-0.05, 0) is 56.1 Å². The molecule has 2 aliphatic carbocycles. The van der Waals surface area contributed by atoms with Crippen molar-refractivity contribution in [3.8, 4) is 0 Å². The van der Waals surface area contributed by atoms with Gasteiger partial charge in [0.05, 0.1) is 0 Å². The number of hydrogen-bond acceptors (Lipinski definition) is 2. The van der Waals surface area contributed by atoms with Crippen LogP contribution in [-0.4, -0.2) is 29.6 Å². The van der Waals surface area contributed by atoms with Crippen LogP contribution in [0.4, 0.5) is 0 Å². The Kier molecular flexibility index (Phi) is 3.63. The van der Waals surface area contributed by atoms with Gasteiger partial charge in [-0.15, -0.1) is 0 Å². The summed E-state index contributed by atoms with van der Waals surface area (Å²) in [6.45, 7) is 5.96. The van der Waals surface area contributed by atoms with Gasteiger partial charge >= 0.3 is 0 Å². The third-order valence-corrected chi connectivity index (χ3v) is 6.60. The molecule has 114 valence electrons. The van der Waals surface area contributed by atoms with Gasteiger partial charge in [0.15, 0.2) is 0 Å². The van der Waals surface area contributed by atoms with Crippen molar-refractivity contribution in [1.82, 2.24) is 10.2 Å². The first-order valence-corrected chi connectivity index (χ1v) is 9.18. The van der Waals surface area contributed by atoms with Crippen LogP contribution in [-0.2, 0) is 6.54 Å². The standard InChI is InChI=1S/C18H25BrN2/c1-18(15-8-9-15)12-20-17(13-6-7-13)11-21(18)10-14-4-2-3-5-16(14)19/h2-5,13,15,17,20H,6-12H2,1H3. The third-order valence-electron chi connectivity index (χ3n) is 5.83. The van der Waals surface area contributed by atoms with Crippen molar-refractivity contribution in [3.63, 3.8) is 0 Å². The van der Waals surface area contributed by atoms with Gasteiger partial charge in [-0.1, -0.05) is 34.1 Å². The van der Waals surface area contributed by atoms with Crippen molar-refractivity contribution in [2.75, 3.05) is 13.1 Å². The lowest BCUT2D eigenvalue weighted by Gasteiger charge is -2.49. The third kappa shape index (κ3) is 2.80. The first kappa shape index (κ1) is 14.2. The van der Waals surface area contributed by atoms with Crippen LogP contribution in [0.3, 0.4) is 0 Å². The largest absolute Gasteiger partial charge is 0.311 e. The van der Waals surface area contributed by atoms with Gasteiger partial charge in [0, 0.05) is 35.7 Å². The molecule has 0 aromatic heterocycles. The average molecular weight is 349 g/mol. The van der Waals surface area contributed by atoms with E-state index in [9.17, 15) is 0 Å². The minimum Gasteiger partial charge on any atom is -0.311 e. The second kappa shape index (κ2) is 5.36. The smallest absolute Gasteiger partial charge is 0.0338 e. The number of benzene rings is 1. The van der Waals surface area contributed by atoms with Crippen molar-refractivity contribution in [3.05, 3.63) is 34.3 Å². The number of nitrogens with one attached hydrogen (secondary N) is 1. The molecule has 1 N–H and O–H groups in total. The highest BCUT2D eigenvalue weighted by molar-refractivity contribution is 9.10. The van der Waals surface area contributed by atoms with Crippen LogP contribution in [0.1, 0.15) is 38.2 Å². The fourth-order valence-electron chi connectivity index (χ4n) is 3.96. The maximum absolute atomic E-state index is 3.87. The van der Waals surface area contributed by atoms with Crippen LogP contribution in [0.15, 0.2) is 28.7 Å². The maximum atomic E-state index is 3.87. The highest BCUT2D eigenvalue weighted by atomic mass is 79.9. The fraction of sp³-hybridized carbons (Fsp3) is 0.667. The van der Waals surface area contributed by atoms with Crippen molar-refractivity contribution in [1.29, 1.82) is 0 Å². The van der Waals surface area contributed by atoms with Crippen molar-refractivity contribution < 1.29 is 0 Å². The number of hydrogen-bond donors (Lipinski definition) is 1. The summed E-state index contributed by atoms with van der Waals surface area (Å²) in [7, 11) is 0. The monoisotopic (exact) mass is 348 g/mol. The van der Waals surface area contributed by atoms with E-state index in [2.05, 4.69) is 57.3 Å². The molecule has 0 bridgehead atoms. The maximum Gasteiger partial charge on any atom is 0.0338 e. The fourth-order valence-corrected chi connectivity index (χ4v) is 4.37. The molecule has 2 nitrogen and oxygen atoms in total. The Balaban J connectivity index is 1.56. The number of nitrogens with zero attached hydrogens (tertiary/aromatic N) is 1. The molecule has 1 heterocycles. The van der Waals surface area contributed by atoms with E-state index in [4.69, 9.17) is 0 Å². The number of halogens is 1. The summed E-state index contributed by atoms with van der Waals surface area (Å²) < 4.78 is 1.25. The predicted octanol–water partition coefficient (Wildman–Crippen LogP) is 3.80. The Labute approximate surface area is 136 Å². The molecule has 3 fully saturated rings. The molecule has 2 unspecified atom stereocenters. The zero-order valence-electron chi connectivity index (χ0n) is 12.8. The van der Waals surface area contributed by atoms with Crippen LogP contribution >= 0.6 is 15.9 Å². The van der Waals surface area contributed by atoms with Crippen LogP contribution in [0, 0.1) is 11.8 Å². The van der Waals surface area contributed by atoms with Gasteiger partial charge in [0.1, 0.15) is 0 Å². The second-order valence-corrected chi connectivity index (χ2v) is 8.28. The van der Waals surface area contributed by atoms with Gasteiger partial charge in [-0.3, -0.25) is 4.90 Å². The van der Waals surface area contributed by atoms with Crippen LogP contribution < -0.4 is 5.32 Å². The van der Waals surface area contributed by atoms with Gasteiger partial charge < -0.3 is 5.32 Å². The summed E-state index contributed by atoms with van der Waals surface area (Å²) in [6, 6.07) is 9.43. The molecule has 3 heteroatoms. The van der Waals surface area contributed by atoms with E-state index in [1.165, 1.54) is 48.8 Å². The topological polar surface area (TPSA) is 15.3 Å². The van der Waals surface area contributed by atoms with Crippen molar-refractivity contribution >= 4 is 15.9 Å².